The van der Waals surface area contributed by atoms with Crippen LogP contribution in [0.1, 0.15) is 48.8 Å². The Morgan fingerprint density at radius 2 is 2.23 bits per heavy atom. The van der Waals surface area contributed by atoms with E-state index in [4.69, 9.17) is 4.98 Å². The number of nitrogens with zero attached hydrogens (tertiary/aromatic N) is 5. The second-order valence-electron chi connectivity index (χ2n) is 6.41. The average Bonchev–Trinajstić information content (AvgIpc) is 3.20. The fraction of sp³-hybridized carbons (Fsp3) is 0.600. The summed E-state index contributed by atoms with van der Waals surface area (Å²) < 4.78 is 0. The van der Waals surface area contributed by atoms with Crippen molar-refractivity contribution in [3.05, 3.63) is 29.5 Å². The van der Waals surface area contributed by atoms with Gasteiger partial charge in [0.15, 0.2) is 0 Å². The Kier molecular flexibility index (Phi) is 3.11. The van der Waals surface area contributed by atoms with Crippen molar-refractivity contribution in [2.75, 3.05) is 18.0 Å². The molecule has 2 aromatic heterocycles. The molecule has 1 aliphatic heterocycles. The Labute approximate surface area is 128 Å². The van der Waals surface area contributed by atoms with Crippen molar-refractivity contribution in [3.63, 3.8) is 0 Å². The van der Waals surface area contributed by atoms with Crippen LogP contribution in [0.5, 0.6) is 0 Å². The summed E-state index contributed by atoms with van der Waals surface area (Å²) in [6.07, 6.45) is 5.56. The van der Waals surface area contributed by atoms with Crippen LogP contribution in [0.2, 0.25) is 0 Å². The number of piperidine rings is 1. The Morgan fingerprint density at radius 3 is 2.95 bits per heavy atom. The van der Waals surface area contributed by atoms with E-state index < -0.39 is 5.60 Å². The lowest BCUT2D eigenvalue weighted by molar-refractivity contribution is 0.0174. The van der Waals surface area contributed by atoms with Gasteiger partial charge in [0.1, 0.15) is 22.9 Å². The molecule has 2 aliphatic rings. The summed E-state index contributed by atoms with van der Waals surface area (Å²) in [6, 6.07) is 2.00. The third-order valence-corrected chi connectivity index (χ3v) is 4.49. The number of anilines is 1. The molecule has 2 N–H and O–H groups in total. The van der Waals surface area contributed by atoms with Crippen LogP contribution in [0.4, 0.5) is 5.82 Å². The number of hydrogen-bond donors (Lipinski definition) is 2. The van der Waals surface area contributed by atoms with E-state index in [1.807, 2.05) is 13.0 Å². The van der Waals surface area contributed by atoms with Crippen LogP contribution >= 0.6 is 0 Å². The molecule has 1 aliphatic carbocycles. The van der Waals surface area contributed by atoms with Crippen molar-refractivity contribution in [1.82, 2.24) is 25.4 Å². The molecule has 1 saturated heterocycles. The first-order chi connectivity index (χ1) is 10.6. The molecule has 1 unspecified atom stereocenters. The average molecular weight is 300 g/mol. The van der Waals surface area contributed by atoms with E-state index in [2.05, 4.69) is 25.3 Å². The molecular weight excluding hydrogens is 280 g/mol. The van der Waals surface area contributed by atoms with Crippen LogP contribution in [-0.4, -0.2) is 43.6 Å². The highest BCUT2D eigenvalue weighted by Gasteiger charge is 2.38. The first-order valence-electron chi connectivity index (χ1n) is 7.83. The van der Waals surface area contributed by atoms with Crippen molar-refractivity contribution in [1.29, 1.82) is 0 Å². The lowest BCUT2D eigenvalue weighted by Gasteiger charge is -2.38. The minimum Gasteiger partial charge on any atom is -0.382 e. The van der Waals surface area contributed by atoms with Crippen LogP contribution in [0.15, 0.2) is 12.3 Å². The monoisotopic (exact) mass is 300 g/mol. The van der Waals surface area contributed by atoms with Crippen LogP contribution < -0.4 is 4.90 Å². The highest BCUT2D eigenvalue weighted by molar-refractivity contribution is 5.42. The molecule has 4 rings (SSSR count). The van der Waals surface area contributed by atoms with Crippen LogP contribution in [0.3, 0.4) is 0 Å². The molecule has 1 atom stereocenters. The minimum atomic E-state index is -0.968. The van der Waals surface area contributed by atoms with Crippen molar-refractivity contribution in [2.45, 2.75) is 44.1 Å². The highest BCUT2D eigenvalue weighted by Crippen LogP contribution is 2.39. The molecule has 2 fully saturated rings. The van der Waals surface area contributed by atoms with E-state index in [1.54, 1.807) is 6.20 Å². The highest BCUT2D eigenvalue weighted by atomic mass is 16.3. The van der Waals surface area contributed by atoms with Crippen LogP contribution in [-0.2, 0) is 5.60 Å². The lowest BCUT2D eigenvalue weighted by Crippen LogP contribution is -2.46. The summed E-state index contributed by atoms with van der Waals surface area (Å²) in [5.74, 6) is 2.39. The predicted octanol–water partition coefficient (Wildman–Crippen LogP) is 1.27. The largest absolute Gasteiger partial charge is 0.382 e. The van der Waals surface area contributed by atoms with Gasteiger partial charge in [-0.2, -0.15) is 15.4 Å². The molecule has 3 heterocycles. The number of aromatic amines is 1. The maximum absolute atomic E-state index is 10.9. The number of nitrogens with one attached hydrogen (secondary N) is 1. The Hall–Kier alpha value is -2.02. The molecule has 22 heavy (non-hydrogen) atoms. The van der Waals surface area contributed by atoms with Crippen molar-refractivity contribution in [3.8, 4) is 0 Å². The van der Waals surface area contributed by atoms with Gasteiger partial charge in [0.2, 0.25) is 0 Å². The Balaban J connectivity index is 1.62. The Bertz CT molecular complexity index is 669. The molecule has 1 saturated carbocycles. The molecule has 0 bridgehead atoms. The van der Waals surface area contributed by atoms with Crippen molar-refractivity contribution >= 4 is 5.82 Å². The summed E-state index contributed by atoms with van der Waals surface area (Å²) in [7, 11) is 0. The number of β-amino-alcohol motifs (C(OH)–C–C–N with tert-alkyl or cyclic N) is 1. The molecule has 0 spiro atoms. The molecule has 0 radical (unpaired) electrons. The summed E-state index contributed by atoms with van der Waals surface area (Å²) in [5.41, 5.74) is 0.622. The number of aliphatic hydroxyl groups is 1. The van der Waals surface area contributed by atoms with Crippen LogP contribution in [0.25, 0.3) is 0 Å². The van der Waals surface area contributed by atoms with E-state index in [0.717, 1.165) is 30.3 Å². The lowest BCUT2D eigenvalue weighted by atomic mass is 9.90. The number of hydrogen-bond acceptors (Lipinski definition) is 6. The van der Waals surface area contributed by atoms with Gasteiger partial charge in [0.05, 0.1) is 12.7 Å². The molecule has 7 nitrogen and oxygen atoms in total. The zero-order valence-corrected chi connectivity index (χ0v) is 12.7. The van der Waals surface area contributed by atoms with Gasteiger partial charge in [0, 0.05) is 24.2 Å². The summed E-state index contributed by atoms with van der Waals surface area (Å²) >= 11 is 0. The smallest absolute Gasteiger partial charge is 0.134 e. The molecular formula is C15H20N6O. The maximum atomic E-state index is 10.9. The van der Waals surface area contributed by atoms with Gasteiger partial charge in [-0.25, -0.2) is 9.97 Å². The topological polar surface area (TPSA) is 90.8 Å². The first kappa shape index (κ1) is 13.6. The van der Waals surface area contributed by atoms with Gasteiger partial charge in [0.25, 0.3) is 0 Å². The van der Waals surface area contributed by atoms with Gasteiger partial charge in [-0.05, 0) is 32.6 Å². The first-order valence-corrected chi connectivity index (χ1v) is 7.83. The van der Waals surface area contributed by atoms with E-state index in [-0.39, 0.29) is 0 Å². The normalized spacial score (nSPS) is 25.5. The minimum absolute atomic E-state index is 0.486. The molecule has 7 heteroatoms. The van der Waals surface area contributed by atoms with E-state index >= 15 is 0 Å². The van der Waals surface area contributed by atoms with Crippen molar-refractivity contribution < 1.29 is 5.11 Å². The molecule has 0 aromatic carbocycles. The number of aromatic nitrogens is 5. The van der Waals surface area contributed by atoms with E-state index in [9.17, 15) is 5.11 Å². The second-order valence-corrected chi connectivity index (χ2v) is 6.41. The van der Waals surface area contributed by atoms with Gasteiger partial charge in [-0.15, -0.1) is 0 Å². The zero-order chi connectivity index (χ0) is 15.2. The van der Waals surface area contributed by atoms with E-state index in [1.165, 1.54) is 12.8 Å². The van der Waals surface area contributed by atoms with Gasteiger partial charge in [-0.3, -0.25) is 0 Å². The van der Waals surface area contributed by atoms with Crippen LogP contribution in [0, 0.1) is 6.92 Å². The van der Waals surface area contributed by atoms with E-state index in [0.29, 0.717) is 24.6 Å². The van der Waals surface area contributed by atoms with Gasteiger partial charge in [-0.1, -0.05) is 0 Å². The summed E-state index contributed by atoms with van der Waals surface area (Å²) in [6.45, 7) is 3.38. The maximum Gasteiger partial charge on any atom is 0.134 e. The van der Waals surface area contributed by atoms with Gasteiger partial charge >= 0.3 is 0 Å². The Morgan fingerprint density at radius 1 is 1.36 bits per heavy atom. The predicted molar refractivity (Wildman–Crippen MR) is 80.5 cm³/mol. The number of aryl methyl sites for hydroxylation is 1. The third-order valence-electron chi connectivity index (χ3n) is 4.49. The fourth-order valence-electron chi connectivity index (χ4n) is 3.13. The zero-order valence-electron chi connectivity index (χ0n) is 12.7. The standard InChI is InChI=1S/C15H20N6O/c1-10-7-13(18-14(17-10)11-3-4-11)21-6-2-5-15(22,9-21)12-8-16-20-19-12/h7-8,11,22H,2-6,9H2,1H3,(H,16,19,20). The second kappa shape index (κ2) is 5.01. The number of rotatable bonds is 3. The molecule has 0 amide bonds. The summed E-state index contributed by atoms with van der Waals surface area (Å²) in [4.78, 5) is 11.4. The number of H-pyrrole nitrogens is 1. The fourth-order valence-corrected chi connectivity index (χ4v) is 3.13. The molecule has 2 aromatic rings. The molecule has 116 valence electrons. The third kappa shape index (κ3) is 2.45. The summed E-state index contributed by atoms with van der Waals surface area (Å²) in [5, 5.41) is 21.4. The quantitative estimate of drug-likeness (QED) is 0.887. The van der Waals surface area contributed by atoms with Crippen molar-refractivity contribution in [2.24, 2.45) is 0 Å². The van der Waals surface area contributed by atoms with Gasteiger partial charge < -0.3 is 10.0 Å². The SMILES string of the molecule is Cc1cc(N2CCCC(O)(c3cn[nH]n3)C2)nc(C2CC2)n1.